The Morgan fingerprint density at radius 1 is 0.918 bits per heavy atom. The van der Waals surface area contributed by atoms with Gasteiger partial charge in [-0.15, -0.1) is 5.06 Å². The van der Waals surface area contributed by atoms with Crippen LogP contribution in [0, 0.1) is 11.8 Å². The van der Waals surface area contributed by atoms with Gasteiger partial charge in [0.05, 0.1) is 6.04 Å². The first-order valence-electron chi connectivity index (χ1n) is 17.0. The Hall–Kier alpha value is -4.37. The second-order valence-electron chi connectivity index (χ2n) is 13.4. The molecule has 0 unspecified atom stereocenters. The molecule has 2 aliphatic rings. The van der Waals surface area contributed by atoms with Crippen molar-refractivity contribution in [1.29, 1.82) is 0 Å². The predicted octanol–water partition coefficient (Wildman–Crippen LogP) is 0.0500. The quantitative estimate of drug-likeness (QED) is 0.139. The van der Waals surface area contributed by atoms with E-state index in [0.717, 1.165) is 5.56 Å². The molecule has 15 heteroatoms. The molecule has 0 bridgehead atoms. The number of nitrogens with zero attached hydrogens (tertiary/aromatic N) is 2. The zero-order valence-corrected chi connectivity index (χ0v) is 28.8. The van der Waals surface area contributed by atoms with Crippen LogP contribution in [0.15, 0.2) is 30.3 Å². The number of carbonyl (C=O) groups is 7. The Labute approximate surface area is 287 Å². The van der Waals surface area contributed by atoms with Crippen molar-refractivity contribution in [3.05, 3.63) is 35.9 Å². The number of rotatable bonds is 17. The van der Waals surface area contributed by atoms with Crippen molar-refractivity contribution < 1.29 is 38.4 Å². The molecule has 0 aromatic heterocycles. The summed E-state index contributed by atoms with van der Waals surface area (Å²) in [6.45, 7) is 7.69. The molecule has 0 radical (unpaired) electrons. The van der Waals surface area contributed by atoms with E-state index in [-0.39, 0.29) is 44.1 Å². The Morgan fingerprint density at radius 2 is 1.55 bits per heavy atom. The van der Waals surface area contributed by atoms with Gasteiger partial charge in [-0.3, -0.25) is 28.8 Å². The van der Waals surface area contributed by atoms with Crippen molar-refractivity contribution in [3.63, 3.8) is 0 Å². The van der Waals surface area contributed by atoms with Gasteiger partial charge in [0.25, 0.3) is 11.8 Å². The molecule has 0 aliphatic carbocycles. The second kappa shape index (κ2) is 18.4. The number of hydroxylamine groups is 2. The highest BCUT2D eigenvalue weighted by atomic mass is 16.7. The number of hydrogen-bond donors (Lipinski definition) is 5. The monoisotopic (exact) mass is 685 g/mol. The van der Waals surface area contributed by atoms with Gasteiger partial charge in [0.2, 0.25) is 23.6 Å². The molecule has 2 heterocycles. The molecule has 1 aromatic rings. The first-order valence-corrected chi connectivity index (χ1v) is 17.0. The normalized spacial score (nSPS) is 18.7. The van der Waals surface area contributed by atoms with E-state index in [1.807, 2.05) is 44.2 Å². The summed E-state index contributed by atoms with van der Waals surface area (Å²) in [5.41, 5.74) is 12.8. The van der Waals surface area contributed by atoms with Crippen LogP contribution in [-0.4, -0.2) is 94.7 Å². The molecule has 3 rings (SSSR count). The summed E-state index contributed by atoms with van der Waals surface area (Å²) in [5, 5.41) is 8.50. The molecule has 2 saturated heterocycles. The second-order valence-corrected chi connectivity index (χ2v) is 13.4. The van der Waals surface area contributed by atoms with Gasteiger partial charge >= 0.3 is 5.97 Å². The minimum Gasteiger partial charge on any atom is -0.343 e. The molecular weight excluding hydrogens is 634 g/mol. The summed E-state index contributed by atoms with van der Waals surface area (Å²) in [6, 6.07) is 4.30. The van der Waals surface area contributed by atoms with Gasteiger partial charge in [-0.1, -0.05) is 58.0 Å². The van der Waals surface area contributed by atoms with Crippen molar-refractivity contribution in [2.75, 3.05) is 13.1 Å². The van der Waals surface area contributed by atoms with Crippen LogP contribution in [0.2, 0.25) is 0 Å². The largest absolute Gasteiger partial charge is 0.355 e. The third kappa shape index (κ3) is 11.1. The maximum Gasteiger partial charge on any atom is 0.355 e. The number of nitrogens with one attached hydrogen (secondary N) is 3. The minimum atomic E-state index is -1.22. The van der Waals surface area contributed by atoms with E-state index in [2.05, 4.69) is 16.0 Å². The van der Waals surface area contributed by atoms with E-state index in [1.54, 1.807) is 13.8 Å². The van der Waals surface area contributed by atoms with Crippen molar-refractivity contribution in [1.82, 2.24) is 25.9 Å². The molecule has 7 N–H and O–H groups in total. The van der Waals surface area contributed by atoms with Crippen LogP contribution >= 0.6 is 0 Å². The first kappa shape index (κ1) is 39.1. The number of hydrogen-bond acceptors (Lipinski definition) is 10. The van der Waals surface area contributed by atoms with Gasteiger partial charge in [-0.25, -0.2) is 4.79 Å². The highest BCUT2D eigenvalue weighted by molar-refractivity contribution is 6.02. The summed E-state index contributed by atoms with van der Waals surface area (Å²) < 4.78 is 0. The van der Waals surface area contributed by atoms with Crippen LogP contribution in [0.1, 0.15) is 78.2 Å². The summed E-state index contributed by atoms with van der Waals surface area (Å²) in [4.78, 5) is 97.5. The minimum absolute atomic E-state index is 0.0784. The highest BCUT2D eigenvalue weighted by Gasteiger charge is 2.39. The molecule has 2 aliphatic heterocycles. The van der Waals surface area contributed by atoms with E-state index in [0.29, 0.717) is 37.3 Å². The van der Waals surface area contributed by atoms with Gasteiger partial charge in [-0.05, 0) is 62.5 Å². The Kier molecular flexibility index (Phi) is 14.7. The van der Waals surface area contributed by atoms with Crippen LogP contribution in [0.4, 0.5) is 0 Å². The van der Waals surface area contributed by atoms with Gasteiger partial charge in [0, 0.05) is 19.4 Å². The fourth-order valence-electron chi connectivity index (χ4n) is 5.88. The van der Waals surface area contributed by atoms with Crippen LogP contribution in [0.5, 0.6) is 0 Å². The Morgan fingerprint density at radius 3 is 2.14 bits per heavy atom. The smallest absolute Gasteiger partial charge is 0.343 e. The summed E-state index contributed by atoms with van der Waals surface area (Å²) in [5.74, 6) is -4.95. The molecule has 6 amide bonds. The molecule has 0 spiro atoms. The third-order valence-electron chi connectivity index (χ3n) is 8.53. The van der Waals surface area contributed by atoms with Crippen molar-refractivity contribution in [2.24, 2.45) is 23.3 Å². The highest BCUT2D eigenvalue weighted by Crippen LogP contribution is 2.20. The predicted molar refractivity (Wildman–Crippen MR) is 178 cm³/mol. The van der Waals surface area contributed by atoms with E-state index in [9.17, 15) is 33.6 Å². The molecule has 49 heavy (non-hydrogen) atoms. The van der Waals surface area contributed by atoms with Gasteiger partial charge in [0.15, 0.2) is 0 Å². The summed E-state index contributed by atoms with van der Waals surface area (Å²) in [6.07, 6.45) is 1.79. The van der Waals surface area contributed by atoms with Crippen molar-refractivity contribution in [2.45, 2.75) is 109 Å². The van der Waals surface area contributed by atoms with Crippen LogP contribution in [0.25, 0.3) is 0 Å². The van der Waals surface area contributed by atoms with Gasteiger partial charge in [0.1, 0.15) is 24.2 Å². The lowest BCUT2D eigenvalue weighted by atomic mass is 10.0. The number of nitrogens with two attached hydrogens (primary N) is 2. The number of imide groups is 1. The molecule has 0 saturated carbocycles. The van der Waals surface area contributed by atoms with E-state index in [1.165, 1.54) is 4.90 Å². The molecular formula is C34H51N7O8. The number of likely N-dealkylation sites (tertiary alicyclic amines) is 1. The topological polar surface area (TPSA) is 223 Å². The summed E-state index contributed by atoms with van der Waals surface area (Å²) >= 11 is 0. The molecule has 5 atom stereocenters. The SMILES string of the molecule is CC(C)C[C@H](NC(=O)[C@H](CCCN)NC(=O)[C@@H](NC(=O)[C@@H]1CCCN1C(=O)[C@H](N)Cc1ccccc1)C(C)C)C(=O)ON1C(=O)CCC1=O. The number of benzene rings is 1. The Balaban J connectivity index is 1.68. The van der Waals surface area contributed by atoms with E-state index < -0.39 is 71.6 Å². The zero-order chi connectivity index (χ0) is 36.2. The average molecular weight is 686 g/mol. The summed E-state index contributed by atoms with van der Waals surface area (Å²) in [7, 11) is 0. The molecule has 2 fully saturated rings. The first-order chi connectivity index (χ1) is 23.2. The molecule has 1 aromatic carbocycles. The van der Waals surface area contributed by atoms with Crippen molar-refractivity contribution >= 4 is 41.4 Å². The molecule has 270 valence electrons. The van der Waals surface area contributed by atoms with Crippen LogP contribution in [0.3, 0.4) is 0 Å². The standard InChI is InChI=1S/C34H51N7O8/c1-20(2)18-25(34(48)49-41-27(42)14-15-28(41)43)38-30(44)24(12-8-16-35)37-32(46)29(21(3)4)39-31(45)26-13-9-17-40(26)33(47)23(36)19-22-10-6-5-7-11-22/h5-7,10-11,20-21,23-26,29H,8-9,12-19,35-36H2,1-4H3,(H,37,46)(H,38,44)(H,39,45)/t23-,24+,25+,26+,29+/m1/s1. The lowest BCUT2D eigenvalue weighted by Gasteiger charge is -2.30. The Bertz CT molecular complexity index is 1340. The lowest BCUT2D eigenvalue weighted by Crippen LogP contribution is -2.59. The fraction of sp³-hybridized carbons (Fsp3) is 0.618. The van der Waals surface area contributed by atoms with Crippen molar-refractivity contribution in [3.8, 4) is 0 Å². The number of carbonyl (C=O) groups excluding carboxylic acids is 7. The zero-order valence-electron chi connectivity index (χ0n) is 28.8. The van der Waals surface area contributed by atoms with E-state index >= 15 is 0 Å². The fourth-order valence-corrected chi connectivity index (χ4v) is 5.88. The lowest BCUT2D eigenvalue weighted by molar-refractivity contribution is -0.199. The van der Waals surface area contributed by atoms with Crippen LogP contribution < -0.4 is 27.4 Å². The maximum atomic E-state index is 13.6. The average Bonchev–Trinajstić information content (AvgIpc) is 3.67. The van der Waals surface area contributed by atoms with E-state index in [4.69, 9.17) is 16.3 Å². The third-order valence-corrected chi connectivity index (χ3v) is 8.53. The number of amides is 6. The van der Waals surface area contributed by atoms with Gasteiger partial charge in [-0.2, -0.15) is 0 Å². The molecule has 15 nitrogen and oxygen atoms in total. The maximum absolute atomic E-state index is 13.6. The van der Waals surface area contributed by atoms with Gasteiger partial charge < -0.3 is 37.2 Å². The van der Waals surface area contributed by atoms with Crippen LogP contribution in [-0.2, 0) is 44.8 Å².